The Morgan fingerprint density at radius 2 is 2.35 bits per heavy atom. The average molecular weight is 240 g/mol. The van der Waals surface area contributed by atoms with Crippen LogP contribution in [0.1, 0.15) is 19.8 Å². The van der Waals surface area contributed by atoms with E-state index in [-0.39, 0.29) is 24.9 Å². The van der Waals surface area contributed by atoms with Crippen molar-refractivity contribution in [2.24, 2.45) is 5.73 Å². The predicted molar refractivity (Wildman–Crippen MR) is 61.4 cm³/mol. The SMILES string of the molecule is CCC(N)CC(=O)Nc1cnn(CC(=O)O)c1. The Kier molecular flexibility index (Phi) is 4.65. The minimum Gasteiger partial charge on any atom is -0.480 e. The fourth-order valence-corrected chi connectivity index (χ4v) is 1.25. The molecule has 1 unspecified atom stereocenters. The lowest BCUT2D eigenvalue weighted by Gasteiger charge is -2.07. The minimum absolute atomic E-state index is 0.163. The number of carbonyl (C=O) groups excluding carboxylic acids is 1. The molecule has 1 aromatic rings. The summed E-state index contributed by atoms with van der Waals surface area (Å²) in [5.41, 5.74) is 6.11. The van der Waals surface area contributed by atoms with Crippen LogP contribution < -0.4 is 11.1 Å². The fourth-order valence-electron chi connectivity index (χ4n) is 1.25. The number of anilines is 1. The molecule has 0 aliphatic rings. The summed E-state index contributed by atoms with van der Waals surface area (Å²) in [4.78, 5) is 21.9. The van der Waals surface area contributed by atoms with Crippen LogP contribution in [0.4, 0.5) is 5.69 Å². The van der Waals surface area contributed by atoms with Gasteiger partial charge in [0.05, 0.1) is 11.9 Å². The van der Waals surface area contributed by atoms with Crippen molar-refractivity contribution in [3.8, 4) is 0 Å². The molecule has 0 spiro atoms. The molecule has 0 aliphatic heterocycles. The van der Waals surface area contributed by atoms with E-state index in [1.165, 1.54) is 17.1 Å². The van der Waals surface area contributed by atoms with Crippen LogP contribution in [-0.2, 0) is 16.1 Å². The van der Waals surface area contributed by atoms with Gasteiger partial charge < -0.3 is 16.2 Å². The van der Waals surface area contributed by atoms with E-state index >= 15 is 0 Å². The summed E-state index contributed by atoms with van der Waals surface area (Å²) in [6.45, 7) is 1.67. The van der Waals surface area contributed by atoms with Crippen LogP contribution >= 0.6 is 0 Å². The molecule has 7 heteroatoms. The molecule has 0 saturated heterocycles. The molecule has 7 nitrogen and oxygen atoms in total. The molecule has 1 aromatic heterocycles. The van der Waals surface area contributed by atoms with E-state index in [9.17, 15) is 9.59 Å². The van der Waals surface area contributed by atoms with Gasteiger partial charge in [-0.3, -0.25) is 14.3 Å². The lowest BCUT2D eigenvalue weighted by molar-refractivity contribution is -0.137. The molecule has 0 aliphatic carbocycles. The van der Waals surface area contributed by atoms with E-state index in [1.54, 1.807) is 0 Å². The first kappa shape index (κ1) is 13.2. The number of carboxylic acids is 1. The van der Waals surface area contributed by atoms with Crippen molar-refractivity contribution >= 4 is 17.6 Å². The number of amides is 1. The number of nitrogens with zero attached hydrogens (tertiary/aromatic N) is 2. The number of nitrogens with two attached hydrogens (primary N) is 1. The van der Waals surface area contributed by atoms with Gasteiger partial charge in [0, 0.05) is 18.7 Å². The molecule has 17 heavy (non-hydrogen) atoms. The van der Waals surface area contributed by atoms with Gasteiger partial charge in [0.1, 0.15) is 6.54 Å². The average Bonchev–Trinajstić information content (AvgIpc) is 2.63. The number of aliphatic carboxylic acids is 1. The highest BCUT2D eigenvalue weighted by Gasteiger charge is 2.09. The molecule has 0 radical (unpaired) electrons. The first-order valence-electron chi connectivity index (χ1n) is 5.31. The maximum atomic E-state index is 11.5. The topological polar surface area (TPSA) is 110 Å². The summed E-state index contributed by atoms with van der Waals surface area (Å²) in [5.74, 6) is -1.19. The van der Waals surface area contributed by atoms with Gasteiger partial charge in [-0.25, -0.2) is 0 Å². The third-order valence-corrected chi connectivity index (χ3v) is 2.19. The van der Waals surface area contributed by atoms with E-state index in [1.807, 2.05) is 6.92 Å². The number of nitrogens with one attached hydrogen (secondary N) is 1. The third kappa shape index (κ3) is 4.64. The monoisotopic (exact) mass is 240 g/mol. The largest absolute Gasteiger partial charge is 0.480 e. The Balaban J connectivity index is 2.48. The van der Waals surface area contributed by atoms with Crippen molar-refractivity contribution in [2.45, 2.75) is 32.4 Å². The molecule has 1 heterocycles. The summed E-state index contributed by atoms with van der Waals surface area (Å²) in [7, 11) is 0. The van der Waals surface area contributed by atoms with Gasteiger partial charge in [0.2, 0.25) is 5.91 Å². The standard InChI is InChI=1S/C10H16N4O3/c1-2-7(11)3-9(15)13-8-4-12-14(5-8)6-10(16)17/h4-5,7H,2-3,6,11H2,1H3,(H,13,15)(H,16,17). The van der Waals surface area contributed by atoms with Gasteiger partial charge in [-0.1, -0.05) is 6.92 Å². The number of hydrogen-bond acceptors (Lipinski definition) is 4. The molecule has 4 N–H and O–H groups in total. The first-order chi connectivity index (χ1) is 8.01. The van der Waals surface area contributed by atoms with Crippen molar-refractivity contribution in [1.29, 1.82) is 0 Å². The van der Waals surface area contributed by atoms with Crippen molar-refractivity contribution in [3.63, 3.8) is 0 Å². The molecule has 1 atom stereocenters. The van der Waals surface area contributed by atoms with Gasteiger partial charge in [-0.2, -0.15) is 5.10 Å². The number of rotatable bonds is 6. The number of carboxylic acid groups (broad SMARTS) is 1. The molecule has 0 bridgehead atoms. The van der Waals surface area contributed by atoms with Crippen LogP contribution in [0.25, 0.3) is 0 Å². The highest BCUT2D eigenvalue weighted by atomic mass is 16.4. The Bertz CT molecular complexity index is 402. The Morgan fingerprint density at radius 1 is 1.65 bits per heavy atom. The van der Waals surface area contributed by atoms with Crippen LogP contribution in [-0.4, -0.2) is 32.8 Å². The lowest BCUT2D eigenvalue weighted by Crippen LogP contribution is -2.26. The molecule has 0 saturated carbocycles. The highest BCUT2D eigenvalue weighted by Crippen LogP contribution is 2.06. The fraction of sp³-hybridized carbons (Fsp3) is 0.500. The van der Waals surface area contributed by atoms with E-state index in [0.29, 0.717) is 5.69 Å². The van der Waals surface area contributed by atoms with Crippen molar-refractivity contribution in [1.82, 2.24) is 9.78 Å². The van der Waals surface area contributed by atoms with E-state index in [4.69, 9.17) is 10.8 Å². The zero-order chi connectivity index (χ0) is 12.8. The Morgan fingerprint density at radius 3 is 2.94 bits per heavy atom. The maximum absolute atomic E-state index is 11.5. The predicted octanol–water partition coefficient (Wildman–Crippen LogP) is 0.0336. The molecule has 1 amide bonds. The quantitative estimate of drug-likeness (QED) is 0.650. The van der Waals surface area contributed by atoms with E-state index in [0.717, 1.165) is 6.42 Å². The van der Waals surface area contributed by atoms with Crippen LogP contribution in [0.5, 0.6) is 0 Å². The van der Waals surface area contributed by atoms with Crippen molar-refractivity contribution in [2.75, 3.05) is 5.32 Å². The van der Waals surface area contributed by atoms with Gasteiger partial charge in [0.15, 0.2) is 0 Å². The Labute approximate surface area is 98.6 Å². The van der Waals surface area contributed by atoms with Crippen LogP contribution in [0.3, 0.4) is 0 Å². The van der Waals surface area contributed by atoms with Gasteiger partial charge in [-0.05, 0) is 6.42 Å². The molecule has 0 aromatic carbocycles. The normalized spacial score (nSPS) is 12.1. The molecular formula is C10H16N4O3. The number of carbonyl (C=O) groups is 2. The third-order valence-electron chi connectivity index (χ3n) is 2.19. The smallest absolute Gasteiger partial charge is 0.325 e. The molecule has 1 rings (SSSR count). The zero-order valence-corrected chi connectivity index (χ0v) is 9.59. The molecule has 94 valence electrons. The van der Waals surface area contributed by atoms with Crippen molar-refractivity contribution < 1.29 is 14.7 Å². The van der Waals surface area contributed by atoms with Gasteiger partial charge >= 0.3 is 5.97 Å². The van der Waals surface area contributed by atoms with Crippen molar-refractivity contribution in [3.05, 3.63) is 12.4 Å². The summed E-state index contributed by atoms with van der Waals surface area (Å²) >= 11 is 0. The van der Waals surface area contributed by atoms with Gasteiger partial charge in [0.25, 0.3) is 0 Å². The summed E-state index contributed by atoms with van der Waals surface area (Å²) < 4.78 is 1.23. The minimum atomic E-state index is -0.987. The summed E-state index contributed by atoms with van der Waals surface area (Å²) in [5, 5.41) is 14.9. The second-order valence-electron chi connectivity index (χ2n) is 3.74. The van der Waals surface area contributed by atoms with E-state index in [2.05, 4.69) is 10.4 Å². The number of aromatic nitrogens is 2. The second-order valence-corrected chi connectivity index (χ2v) is 3.74. The Hall–Kier alpha value is -1.89. The lowest BCUT2D eigenvalue weighted by atomic mass is 10.1. The maximum Gasteiger partial charge on any atom is 0.325 e. The molecular weight excluding hydrogens is 224 g/mol. The summed E-state index contributed by atoms with van der Waals surface area (Å²) in [6, 6.07) is -0.163. The van der Waals surface area contributed by atoms with Crippen LogP contribution in [0.2, 0.25) is 0 Å². The van der Waals surface area contributed by atoms with Gasteiger partial charge in [-0.15, -0.1) is 0 Å². The van der Waals surface area contributed by atoms with Crippen LogP contribution in [0.15, 0.2) is 12.4 Å². The zero-order valence-electron chi connectivity index (χ0n) is 9.59. The molecule has 0 fully saturated rings. The second kappa shape index (κ2) is 6.00. The van der Waals surface area contributed by atoms with Crippen LogP contribution in [0, 0.1) is 0 Å². The highest BCUT2D eigenvalue weighted by molar-refractivity contribution is 5.90. The number of hydrogen-bond donors (Lipinski definition) is 3. The summed E-state index contributed by atoms with van der Waals surface area (Å²) in [6.07, 6.45) is 3.83. The first-order valence-corrected chi connectivity index (χ1v) is 5.31. The van der Waals surface area contributed by atoms with E-state index < -0.39 is 5.97 Å².